The third kappa shape index (κ3) is 5.55. The molecule has 8 heteroatoms. The van der Waals surface area contributed by atoms with Crippen LogP contribution in [0.25, 0.3) is 0 Å². The molecule has 3 rings (SSSR count). The number of hydrogen-bond donors (Lipinski definition) is 2. The monoisotopic (exact) mass is 435 g/mol. The zero-order valence-corrected chi connectivity index (χ0v) is 18.6. The molecule has 2 heterocycles. The number of H-pyrrole nitrogens is 1. The molecule has 8 nitrogen and oxygen atoms in total. The van der Waals surface area contributed by atoms with E-state index in [4.69, 9.17) is 5.26 Å². The van der Waals surface area contributed by atoms with Crippen molar-refractivity contribution >= 4 is 17.5 Å². The number of nitrogens with one attached hydrogen (secondary N) is 2. The van der Waals surface area contributed by atoms with Gasteiger partial charge in [-0.15, -0.1) is 0 Å². The first-order valence-corrected chi connectivity index (χ1v) is 10.9. The number of nitriles is 1. The molecule has 1 saturated heterocycles. The molecule has 1 aromatic carbocycles. The lowest BCUT2D eigenvalue weighted by molar-refractivity contribution is -0.131. The molecule has 1 fully saturated rings. The predicted molar refractivity (Wildman–Crippen MR) is 122 cm³/mol. The summed E-state index contributed by atoms with van der Waals surface area (Å²) in [7, 11) is 0. The molecular weight excluding hydrogens is 406 g/mol. The number of carbonyl (C=O) groups excluding carboxylic acids is 2. The van der Waals surface area contributed by atoms with E-state index in [1.54, 1.807) is 13.8 Å². The van der Waals surface area contributed by atoms with E-state index >= 15 is 0 Å². The summed E-state index contributed by atoms with van der Waals surface area (Å²) in [5.41, 5.74) is 2.95. The number of pyridine rings is 1. The highest BCUT2D eigenvalue weighted by atomic mass is 16.2. The number of hydrogen-bond acceptors (Lipinski definition) is 5. The Morgan fingerprint density at radius 1 is 1.09 bits per heavy atom. The van der Waals surface area contributed by atoms with Gasteiger partial charge in [-0.2, -0.15) is 5.26 Å². The van der Waals surface area contributed by atoms with Crippen molar-refractivity contribution in [1.82, 2.24) is 15.2 Å². The van der Waals surface area contributed by atoms with Crippen LogP contribution in [0.4, 0.5) is 5.69 Å². The number of aromatic nitrogens is 1. The van der Waals surface area contributed by atoms with Crippen LogP contribution in [0, 0.1) is 25.2 Å². The lowest BCUT2D eigenvalue weighted by Gasteiger charge is -2.36. The number of para-hydroxylation sites is 1. The molecule has 2 N–H and O–H groups in total. The minimum absolute atomic E-state index is 0.0454. The van der Waals surface area contributed by atoms with Gasteiger partial charge in [-0.1, -0.05) is 18.2 Å². The summed E-state index contributed by atoms with van der Waals surface area (Å²) < 4.78 is 0. The fourth-order valence-corrected chi connectivity index (χ4v) is 4.07. The third-order valence-corrected chi connectivity index (χ3v) is 5.94. The Morgan fingerprint density at radius 3 is 2.44 bits per heavy atom. The van der Waals surface area contributed by atoms with Crippen LogP contribution in [-0.4, -0.2) is 54.4 Å². The van der Waals surface area contributed by atoms with Crippen LogP contribution in [0.2, 0.25) is 0 Å². The van der Waals surface area contributed by atoms with Gasteiger partial charge in [0.05, 0.1) is 0 Å². The van der Waals surface area contributed by atoms with Crippen LogP contribution in [0.15, 0.2) is 35.1 Å². The quantitative estimate of drug-likeness (QED) is 0.687. The summed E-state index contributed by atoms with van der Waals surface area (Å²) in [6, 6.07) is 12.1. The topological polar surface area (TPSA) is 109 Å². The van der Waals surface area contributed by atoms with Crippen molar-refractivity contribution in [2.24, 2.45) is 0 Å². The van der Waals surface area contributed by atoms with Crippen LogP contribution < -0.4 is 15.8 Å². The van der Waals surface area contributed by atoms with Gasteiger partial charge in [0.25, 0.3) is 5.56 Å². The van der Waals surface area contributed by atoms with Gasteiger partial charge in [-0.05, 0) is 43.5 Å². The van der Waals surface area contributed by atoms with Gasteiger partial charge in [0.15, 0.2) is 0 Å². The largest absolute Gasteiger partial charge is 0.368 e. The maximum absolute atomic E-state index is 12.5. The Kier molecular flexibility index (Phi) is 7.66. The molecule has 168 valence electrons. The van der Waals surface area contributed by atoms with E-state index in [2.05, 4.69) is 27.3 Å². The van der Waals surface area contributed by atoms with Gasteiger partial charge in [-0.25, -0.2) is 0 Å². The number of amides is 2. The van der Waals surface area contributed by atoms with Gasteiger partial charge in [-0.3, -0.25) is 14.4 Å². The number of rotatable bonds is 7. The third-order valence-electron chi connectivity index (χ3n) is 5.94. The Bertz CT molecular complexity index is 1060. The first-order valence-electron chi connectivity index (χ1n) is 10.9. The second kappa shape index (κ2) is 10.6. The van der Waals surface area contributed by atoms with E-state index < -0.39 is 5.56 Å². The highest BCUT2D eigenvalue weighted by Crippen LogP contribution is 2.16. The fraction of sp³-hybridized carbons (Fsp3) is 0.417. The van der Waals surface area contributed by atoms with Gasteiger partial charge >= 0.3 is 0 Å². The SMILES string of the molecule is Cc1[nH]c(=O)c(C#N)c(C)c1CCC(=O)NCCC(=O)N1CCN(c2ccccc2)CC1. The number of anilines is 1. The summed E-state index contributed by atoms with van der Waals surface area (Å²) in [5.74, 6) is -0.112. The molecule has 0 radical (unpaired) electrons. The van der Waals surface area contributed by atoms with Gasteiger partial charge in [0.1, 0.15) is 11.6 Å². The first kappa shape index (κ1) is 23.1. The number of piperazine rings is 1. The predicted octanol–water partition coefficient (Wildman–Crippen LogP) is 1.65. The van der Waals surface area contributed by atoms with E-state index in [1.165, 1.54) is 5.69 Å². The number of carbonyl (C=O) groups is 2. The molecule has 1 aromatic heterocycles. The molecule has 0 spiro atoms. The lowest BCUT2D eigenvalue weighted by Crippen LogP contribution is -2.49. The smallest absolute Gasteiger partial charge is 0.266 e. The van der Waals surface area contributed by atoms with Crippen LogP contribution in [0.1, 0.15) is 35.2 Å². The summed E-state index contributed by atoms with van der Waals surface area (Å²) >= 11 is 0. The second-order valence-corrected chi connectivity index (χ2v) is 7.97. The van der Waals surface area contributed by atoms with Gasteiger partial charge < -0.3 is 20.1 Å². The van der Waals surface area contributed by atoms with E-state index in [9.17, 15) is 14.4 Å². The van der Waals surface area contributed by atoms with Crippen molar-refractivity contribution < 1.29 is 9.59 Å². The molecule has 1 aliphatic heterocycles. The molecule has 1 aliphatic rings. The standard InChI is InChI=1S/C24H29N5O3/c1-17-20(18(2)27-24(32)21(17)16-25)8-9-22(30)26-11-10-23(31)29-14-12-28(13-15-29)19-6-4-3-5-7-19/h3-7H,8-15H2,1-2H3,(H,26,30)(H,27,32). The molecule has 2 amide bonds. The minimum atomic E-state index is -0.404. The van der Waals surface area contributed by atoms with Crippen LogP contribution in [0.3, 0.4) is 0 Å². The zero-order chi connectivity index (χ0) is 23.1. The van der Waals surface area contributed by atoms with Crippen LogP contribution in [-0.2, 0) is 16.0 Å². The van der Waals surface area contributed by atoms with E-state index in [-0.39, 0.29) is 30.2 Å². The maximum atomic E-state index is 12.5. The molecule has 0 bridgehead atoms. The van der Waals surface area contributed by atoms with Crippen molar-refractivity contribution in [1.29, 1.82) is 5.26 Å². The lowest BCUT2D eigenvalue weighted by atomic mass is 9.99. The zero-order valence-electron chi connectivity index (χ0n) is 18.6. The Morgan fingerprint density at radius 2 is 1.78 bits per heavy atom. The highest BCUT2D eigenvalue weighted by molar-refractivity contribution is 5.79. The van der Waals surface area contributed by atoms with E-state index in [0.29, 0.717) is 37.3 Å². The number of nitrogens with zero attached hydrogens (tertiary/aromatic N) is 3. The van der Waals surface area contributed by atoms with E-state index in [1.807, 2.05) is 29.2 Å². The molecule has 32 heavy (non-hydrogen) atoms. The van der Waals surface area contributed by atoms with Crippen molar-refractivity contribution in [3.63, 3.8) is 0 Å². The molecule has 0 atom stereocenters. The maximum Gasteiger partial charge on any atom is 0.266 e. The molecule has 0 unspecified atom stereocenters. The van der Waals surface area contributed by atoms with Crippen molar-refractivity contribution in [3.8, 4) is 6.07 Å². The summed E-state index contributed by atoms with van der Waals surface area (Å²) in [6.45, 7) is 6.73. The Balaban J connectivity index is 1.41. The Hall–Kier alpha value is -3.60. The van der Waals surface area contributed by atoms with Crippen LogP contribution in [0.5, 0.6) is 0 Å². The summed E-state index contributed by atoms with van der Waals surface area (Å²) in [6.07, 6.45) is 0.916. The first-order chi connectivity index (χ1) is 15.4. The fourth-order valence-electron chi connectivity index (χ4n) is 4.07. The molecule has 0 saturated carbocycles. The van der Waals surface area contributed by atoms with Crippen molar-refractivity contribution in [3.05, 3.63) is 63.1 Å². The van der Waals surface area contributed by atoms with Crippen molar-refractivity contribution in [2.45, 2.75) is 33.1 Å². The number of aromatic amines is 1. The van der Waals surface area contributed by atoms with Crippen molar-refractivity contribution in [2.75, 3.05) is 37.6 Å². The Labute approximate surface area is 187 Å². The average Bonchev–Trinajstić information content (AvgIpc) is 2.79. The second-order valence-electron chi connectivity index (χ2n) is 7.97. The minimum Gasteiger partial charge on any atom is -0.368 e. The average molecular weight is 436 g/mol. The van der Waals surface area contributed by atoms with Crippen LogP contribution >= 0.6 is 0 Å². The molecule has 2 aromatic rings. The number of benzene rings is 1. The summed E-state index contributed by atoms with van der Waals surface area (Å²) in [5, 5.41) is 12.0. The van der Waals surface area contributed by atoms with Gasteiger partial charge in [0, 0.05) is 56.9 Å². The molecular formula is C24H29N5O3. The molecule has 0 aliphatic carbocycles. The normalized spacial score (nSPS) is 13.5. The van der Waals surface area contributed by atoms with E-state index in [0.717, 1.165) is 18.7 Å². The summed E-state index contributed by atoms with van der Waals surface area (Å²) in [4.78, 5) is 43.3. The highest BCUT2D eigenvalue weighted by Gasteiger charge is 2.21. The van der Waals surface area contributed by atoms with Gasteiger partial charge in [0.2, 0.25) is 11.8 Å². The number of aryl methyl sites for hydroxylation is 1.